The summed E-state index contributed by atoms with van der Waals surface area (Å²) in [5, 5.41) is 4.91. The Hall–Kier alpha value is -1.44. The fourth-order valence-electron chi connectivity index (χ4n) is 1.81. The van der Waals surface area contributed by atoms with Crippen molar-refractivity contribution < 1.29 is 14.3 Å². The molecule has 8 heteroatoms. The maximum Gasteiger partial charge on any atom is 0.410 e. The molecular weight excluding hydrogens is 292 g/mol. The summed E-state index contributed by atoms with van der Waals surface area (Å²) in [7, 11) is 0. The Morgan fingerprint density at radius 1 is 1.24 bits per heavy atom. The number of nitrogens with one attached hydrogen (secondary N) is 1. The van der Waals surface area contributed by atoms with Gasteiger partial charge < -0.3 is 14.5 Å². The van der Waals surface area contributed by atoms with Crippen molar-refractivity contribution in [3.63, 3.8) is 0 Å². The number of rotatable bonds is 3. The van der Waals surface area contributed by atoms with Gasteiger partial charge in [0.05, 0.1) is 6.10 Å². The molecule has 0 aromatic carbocycles. The molecule has 0 spiro atoms. The molecule has 0 aromatic heterocycles. The van der Waals surface area contributed by atoms with E-state index in [0.717, 1.165) is 10.9 Å². The summed E-state index contributed by atoms with van der Waals surface area (Å²) in [6, 6.07) is 0. The smallest absolute Gasteiger partial charge is 0.410 e. The van der Waals surface area contributed by atoms with Crippen molar-refractivity contribution in [3.05, 3.63) is 0 Å². The highest BCUT2D eigenvalue weighted by Gasteiger charge is 2.24. The van der Waals surface area contributed by atoms with Crippen molar-refractivity contribution in [3.8, 4) is 0 Å². The van der Waals surface area contributed by atoms with Gasteiger partial charge >= 0.3 is 6.09 Å². The third-order valence-electron chi connectivity index (χ3n) is 2.73. The van der Waals surface area contributed by atoms with Gasteiger partial charge in [-0.1, -0.05) is 18.7 Å². The molecule has 1 rings (SSSR count). The number of thioether (sulfide) groups is 1. The molecule has 1 saturated heterocycles. The van der Waals surface area contributed by atoms with Crippen molar-refractivity contribution in [1.82, 2.24) is 15.2 Å². The van der Waals surface area contributed by atoms with Crippen molar-refractivity contribution >= 4 is 28.9 Å². The molecule has 0 radical (unpaired) electrons. The lowest BCUT2D eigenvalue weighted by Gasteiger charge is -2.35. The Bertz CT molecular complexity index is 393. The standard InChI is InChI=1S/C13H24N4O3S/c1-5-21-12(15-14-11(4)18)16-6-8-17(9-7-16)13(19)20-10(2)3/h10H,5-9H2,1-4H3,(H,14,18)/b15-12-. The normalized spacial score (nSPS) is 16.1. The molecule has 0 atom stereocenters. The van der Waals surface area contributed by atoms with Gasteiger partial charge in [0.2, 0.25) is 5.91 Å². The van der Waals surface area contributed by atoms with Crippen LogP contribution in [0, 0.1) is 0 Å². The molecule has 21 heavy (non-hydrogen) atoms. The lowest BCUT2D eigenvalue weighted by Crippen LogP contribution is -2.50. The van der Waals surface area contributed by atoms with E-state index in [-0.39, 0.29) is 18.1 Å². The zero-order valence-corrected chi connectivity index (χ0v) is 13.9. The van der Waals surface area contributed by atoms with Crippen molar-refractivity contribution in [2.24, 2.45) is 5.10 Å². The number of hydrogen-bond acceptors (Lipinski definition) is 5. The van der Waals surface area contributed by atoms with E-state index >= 15 is 0 Å². The second-order valence-corrected chi connectivity index (χ2v) is 6.13. The van der Waals surface area contributed by atoms with Gasteiger partial charge in [0.1, 0.15) is 0 Å². The topological polar surface area (TPSA) is 74.2 Å². The number of hydrazone groups is 1. The molecule has 0 aliphatic carbocycles. The minimum atomic E-state index is -0.270. The van der Waals surface area contributed by atoms with E-state index in [1.54, 1.807) is 16.7 Å². The van der Waals surface area contributed by atoms with Crippen molar-refractivity contribution in [2.75, 3.05) is 31.9 Å². The maximum absolute atomic E-state index is 11.8. The average molecular weight is 316 g/mol. The molecule has 0 bridgehead atoms. The first-order valence-corrected chi connectivity index (χ1v) is 8.10. The molecule has 1 heterocycles. The molecular formula is C13H24N4O3S. The van der Waals surface area contributed by atoms with Crippen molar-refractivity contribution in [1.29, 1.82) is 0 Å². The van der Waals surface area contributed by atoms with Gasteiger partial charge in [0, 0.05) is 33.1 Å². The summed E-state index contributed by atoms with van der Waals surface area (Å²) in [5.74, 6) is 0.678. The zero-order valence-electron chi connectivity index (χ0n) is 13.1. The van der Waals surface area contributed by atoms with Crippen LogP contribution in [0.25, 0.3) is 0 Å². The molecule has 1 fully saturated rings. The predicted octanol–water partition coefficient (Wildman–Crippen LogP) is 1.31. The van der Waals surface area contributed by atoms with Crippen LogP contribution in [0.5, 0.6) is 0 Å². The Morgan fingerprint density at radius 3 is 2.29 bits per heavy atom. The summed E-state index contributed by atoms with van der Waals surface area (Å²) in [4.78, 5) is 26.6. The van der Waals surface area contributed by atoms with Crippen LogP contribution >= 0.6 is 11.8 Å². The molecule has 2 amide bonds. The minimum absolute atomic E-state index is 0.108. The van der Waals surface area contributed by atoms with Gasteiger partial charge in [-0.3, -0.25) is 4.79 Å². The number of piperazine rings is 1. The summed E-state index contributed by atoms with van der Waals surface area (Å²) in [5.41, 5.74) is 2.47. The number of ether oxygens (including phenoxy) is 1. The molecule has 7 nitrogen and oxygen atoms in total. The first-order valence-electron chi connectivity index (χ1n) is 7.11. The first kappa shape index (κ1) is 17.6. The average Bonchev–Trinajstić information content (AvgIpc) is 2.42. The fraction of sp³-hybridized carbons (Fsp3) is 0.769. The molecule has 1 N–H and O–H groups in total. The van der Waals surface area contributed by atoms with Gasteiger partial charge in [0.15, 0.2) is 5.17 Å². The van der Waals surface area contributed by atoms with Gasteiger partial charge in [-0.2, -0.15) is 0 Å². The van der Waals surface area contributed by atoms with Crippen LogP contribution in [-0.4, -0.2) is 65.0 Å². The second kappa shape index (κ2) is 8.76. The van der Waals surface area contributed by atoms with E-state index in [9.17, 15) is 9.59 Å². The number of nitrogens with zero attached hydrogens (tertiary/aromatic N) is 3. The van der Waals surface area contributed by atoms with Crippen LogP contribution in [-0.2, 0) is 9.53 Å². The number of carbonyl (C=O) groups is 2. The van der Waals surface area contributed by atoms with Crippen LogP contribution in [0.3, 0.4) is 0 Å². The van der Waals surface area contributed by atoms with Crippen LogP contribution in [0.4, 0.5) is 4.79 Å². The predicted molar refractivity (Wildman–Crippen MR) is 84.1 cm³/mol. The second-order valence-electron chi connectivity index (χ2n) is 4.90. The fourth-order valence-corrected chi connectivity index (χ4v) is 2.54. The first-order chi connectivity index (χ1) is 9.93. The van der Waals surface area contributed by atoms with E-state index in [0.29, 0.717) is 26.2 Å². The Kier molecular flexibility index (Phi) is 7.35. The SMILES string of the molecule is CCS/C(=N\NC(C)=O)N1CCN(C(=O)OC(C)C)CC1. The molecule has 1 aliphatic rings. The largest absolute Gasteiger partial charge is 0.447 e. The number of carbonyl (C=O) groups excluding carboxylic acids is 2. The quantitative estimate of drug-likeness (QED) is 0.483. The van der Waals surface area contributed by atoms with E-state index in [1.165, 1.54) is 6.92 Å². The van der Waals surface area contributed by atoms with Crippen molar-refractivity contribution in [2.45, 2.75) is 33.8 Å². The third-order valence-corrected chi connectivity index (χ3v) is 3.62. The highest BCUT2D eigenvalue weighted by Crippen LogP contribution is 2.12. The maximum atomic E-state index is 11.8. The molecule has 1 aliphatic heterocycles. The lowest BCUT2D eigenvalue weighted by atomic mass is 10.3. The van der Waals surface area contributed by atoms with Gasteiger partial charge in [-0.25, -0.2) is 10.2 Å². The molecule has 0 aromatic rings. The van der Waals surface area contributed by atoms with E-state index in [1.807, 2.05) is 20.8 Å². The monoisotopic (exact) mass is 316 g/mol. The van der Waals surface area contributed by atoms with Gasteiger partial charge in [-0.05, 0) is 19.6 Å². The Balaban J connectivity index is 2.54. The third kappa shape index (κ3) is 6.24. The van der Waals surface area contributed by atoms with E-state index in [4.69, 9.17) is 4.74 Å². The van der Waals surface area contributed by atoms with Crippen LogP contribution in [0.15, 0.2) is 5.10 Å². The number of amides is 2. The van der Waals surface area contributed by atoms with Crippen LogP contribution in [0.1, 0.15) is 27.7 Å². The lowest BCUT2D eigenvalue weighted by molar-refractivity contribution is -0.118. The summed E-state index contributed by atoms with van der Waals surface area (Å²) >= 11 is 1.57. The molecule has 0 unspecified atom stereocenters. The highest BCUT2D eigenvalue weighted by molar-refractivity contribution is 8.13. The minimum Gasteiger partial charge on any atom is -0.447 e. The Labute approximate surface area is 130 Å². The van der Waals surface area contributed by atoms with Crippen LogP contribution in [0.2, 0.25) is 0 Å². The van der Waals surface area contributed by atoms with E-state index in [2.05, 4.69) is 15.4 Å². The Morgan fingerprint density at radius 2 is 1.81 bits per heavy atom. The molecule has 120 valence electrons. The number of hydrogen-bond donors (Lipinski definition) is 1. The van der Waals surface area contributed by atoms with Crippen LogP contribution < -0.4 is 5.43 Å². The summed E-state index contributed by atoms with van der Waals surface area (Å²) < 4.78 is 5.19. The highest BCUT2D eigenvalue weighted by atomic mass is 32.2. The van der Waals surface area contributed by atoms with Gasteiger partial charge in [-0.15, -0.1) is 5.10 Å². The van der Waals surface area contributed by atoms with Gasteiger partial charge in [0.25, 0.3) is 0 Å². The molecule has 0 saturated carbocycles. The number of amidine groups is 1. The summed E-state index contributed by atoms with van der Waals surface area (Å²) in [6.07, 6.45) is -0.379. The van der Waals surface area contributed by atoms with E-state index < -0.39 is 0 Å². The zero-order chi connectivity index (χ0) is 15.8. The summed E-state index contributed by atoms with van der Waals surface area (Å²) in [6.45, 7) is 9.68.